The molecule has 3 atom stereocenters. The second-order valence-corrected chi connectivity index (χ2v) is 9.18. The summed E-state index contributed by atoms with van der Waals surface area (Å²) in [5, 5.41) is 9.83. The van der Waals surface area contributed by atoms with E-state index in [1.807, 2.05) is 6.92 Å². The molecule has 158 valence electrons. The Morgan fingerprint density at radius 1 is 1.24 bits per heavy atom. The Kier molecular flexibility index (Phi) is 6.37. The molecule has 0 unspecified atom stereocenters. The minimum atomic E-state index is -0.254. The van der Waals surface area contributed by atoms with E-state index < -0.39 is 0 Å². The maximum Gasteiger partial charge on any atom is 0.242 e. The smallest absolute Gasteiger partial charge is 0.242 e. The molecule has 3 N–H and O–H groups in total. The van der Waals surface area contributed by atoms with Crippen LogP contribution in [0.1, 0.15) is 44.6 Å². The molecule has 6 nitrogen and oxygen atoms in total. The number of benzene rings is 1. The quantitative estimate of drug-likeness (QED) is 0.638. The predicted molar refractivity (Wildman–Crippen MR) is 118 cm³/mol. The minimum Gasteiger partial charge on any atom is -0.370 e. The molecule has 3 heterocycles. The van der Waals surface area contributed by atoms with Crippen molar-refractivity contribution in [2.75, 3.05) is 19.6 Å². The minimum absolute atomic E-state index is 0.00563. The Balaban J connectivity index is 1.20. The lowest BCUT2D eigenvalue weighted by Crippen LogP contribution is -2.58. The standard InChI is InChI=1S/C22H32N4O2S/c1-16-13-19(25-21(29)24-16)20(27)23-14-18-7-8-22(28-18)9-11-26(12-10-22)15-17-5-3-2-4-6-17/h2-6,16,18-19H,7-15H2,1H3,(H,23,27)(H2,24,25,29)/t16-,18-,19+/m1/s1. The van der Waals surface area contributed by atoms with Crippen LogP contribution >= 0.6 is 12.2 Å². The second-order valence-electron chi connectivity index (χ2n) is 8.78. The van der Waals surface area contributed by atoms with E-state index in [1.165, 1.54) is 5.56 Å². The average Bonchev–Trinajstić information content (AvgIpc) is 3.11. The zero-order chi connectivity index (χ0) is 20.3. The number of carbonyl (C=O) groups is 1. The van der Waals surface area contributed by atoms with E-state index in [4.69, 9.17) is 17.0 Å². The third kappa shape index (κ3) is 5.27. The molecule has 3 fully saturated rings. The molecule has 3 aliphatic heterocycles. The maximum absolute atomic E-state index is 12.5. The van der Waals surface area contributed by atoms with Crippen molar-refractivity contribution >= 4 is 23.2 Å². The number of thiocarbonyl (C=S) groups is 1. The SMILES string of the molecule is C[C@@H]1C[C@@H](C(=O)NC[C@H]2CCC3(CCN(Cc4ccccc4)CC3)O2)NC(=S)N1. The Labute approximate surface area is 178 Å². The van der Waals surface area contributed by atoms with Crippen molar-refractivity contribution in [3.05, 3.63) is 35.9 Å². The first-order valence-corrected chi connectivity index (χ1v) is 11.2. The second kappa shape index (κ2) is 8.98. The molecule has 1 spiro atoms. The van der Waals surface area contributed by atoms with Crippen LogP contribution < -0.4 is 16.0 Å². The molecule has 0 aromatic heterocycles. The number of nitrogens with one attached hydrogen (secondary N) is 3. The van der Waals surface area contributed by atoms with Gasteiger partial charge in [0.25, 0.3) is 0 Å². The van der Waals surface area contributed by atoms with Crippen LogP contribution in [0.4, 0.5) is 0 Å². The third-order valence-corrected chi connectivity index (χ3v) is 6.68. The van der Waals surface area contributed by atoms with Gasteiger partial charge in [0.2, 0.25) is 5.91 Å². The van der Waals surface area contributed by atoms with Gasteiger partial charge in [-0.2, -0.15) is 0 Å². The molecule has 1 aromatic rings. The van der Waals surface area contributed by atoms with E-state index in [2.05, 4.69) is 51.2 Å². The molecule has 29 heavy (non-hydrogen) atoms. The Hall–Kier alpha value is -1.70. The van der Waals surface area contributed by atoms with Gasteiger partial charge in [-0.3, -0.25) is 9.69 Å². The predicted octanol–water partition coefficient (Wildman–Crippen LogP) is 1.94. The highest BCUT2D eigenvalue weighted by atomic mass is 32.1. The number of ether oxygens (including phenoxy) is 1. The highest BCUT2D eigenvalue weighted by Crippen LogP contribution is 2.39. The van der Waals surface area contributed by atoms with Crippen LogP contribution in [-0.2, 0) is 16.1 Å². The van der Waals surface area contributed by atoms with Gasteiger partial charge in [-0.25, -0.2) is 0 Å². The number of piperidine rings is 1. The number of carbonyl (C=O) groups excluding carboxylic acids is 1. The highest BCUT2D eigenvalue weighted by Gasteiger charge is 2.42. The lowest BCUT2D eigenvalue weighted by Gasteiger charge is -2.39. The van der Waals surface area contributed by atoms with Crippen LogP contribution in [0.25, 0.3) is 0 Å². The van der Waals surface area contributed by atoms with E-state index in [0.29, 0.717) is 11.7 Å². The molecule has 0 aliphatic carbocycles. The maximum atomic E-state index is 12.5. The molecule has 0 radical (unpaired) electrons. The first-order valence-electron chi connectivity index (χ1n) is 10.8. The summed E-state index contributed by atoms with van der Waals surface area (Å²) in [6, 6.07) is 10.6. The van der Waals surface area contributed by atoms with Gasteiger partial charge in [0.05, 0.1) is 11.7 Å². The van der Waals surface area contributed by atoms with Crippen molar-refractivity contribution in [3.8, 4) is 0 Å². The van der Waals surface area contributed by atoms with Gasteiger partial charge in [-0.15, -0.1) is 0 Å². The molecule has 4 rings (SSSR count). The third-order valence-electron chi connectivity index (χ3n) is 6.45. The van der Waals surface area contributed by atoms with Gasteiger partial charge < -0.3 is 20.7 Å². The molecule has 3 saturated heterocycles. The van der Waals surface area contributed by atoms with Crippen molar-refractivity contribution in [2.45, 2.75) is 69.4 Å². The topological polar surface area (TPSA) is 65.6 Å². The molecule has 1 aromatic carbocycles. The van der Waals surface area contributed by atoms with E-state index in [0.717, 1.165) is 51.7 Å². The summed E-state index contributed by atoms with van der Waals surface area (Å²) in [4.78, 5) is 15.0. The zero-order valence-electron chi connectivity index (χ0n) is 17.2. The van der Waals surface area contributed by atoms with E-state index >= 15 is 0 Å². The fourth-order valence-electron chi connectivity index (χ4n) is 4.77. The summed E-state index contributed by atoms with van der Waals surface area (Å²) >= 11 is 5.17. The monoisotopic (exact) mass is 416 g/mol. The molecule has 3 aliphatic rings. The zero-order valence-corrected chi connectivity index (χ0v) is 18.0. The van der Waals surface area contributed by atoms with Crippen LogP contribution in [-0.4, -0.2) is 59.3 Å². The van der Waals surface area contributed by atoms with Gasteiger partial charge >= 0.3 is 0 Å². The van der Waals surface area contributed by atoms with Crippen LogP contribution in [0.3, 0.4) is 0 Å². The Morgan fingerprint density at radius 3 is 2.72 bits per heavy atom. The van der Waals surface area contributed by atoms with Crippen LogP contribution in [0.5, 0.6) is 0 Å². The number of rotatable bonds is 5. The summed E-state index contributed by atoms with van der Waals surface area (Å²) in [5.74, 6) is 0.0166. The van der Waals surface area contributed by atoms with E-state index in [1.54, 1.807) is 0 Å². The van der Waals surface area contributed by atoms with E-state index in [-0.39, 0.29) is 29.7 Å². The first kappa shape index (κ1) is 20.6. The summed E-state index contributed by atoms with van der Waals surface area (Å²) in [6.07, 6.45) is 5.12. The fraction of sp³-hybridized carbons (Fsp3) is 0.636. The summed E-state index contributed by atoms with van der Waals surface area (Å²) in [7, 11) is 0. The molecule has 0 bridgehead atoms. The highest BCUT2D eigenvalue weighted by molar-refractivity contribution is 7.80. The molecular formula is C22H32N4O2S. The number of likely N-dealkylation sites (tertiary alicyclic amines) is 1. The van der Waals surface area contributed by atoms with Crippen molar-refractivity contribution in [1.82, 2.24) is 20.9 Å². The van der Waals surface area contributed by atoms with Crippen molar-refractivity contribution < 1.29 is 9.53 Å². The largest absolute Gasteiger partial charge is 0.370 e. The number of hydrogen-bond acceptors (Lipinski definition) is 4. The number of nitrogens with zero attached hydrogens (tertiary/aromatic N) is 1. The van der Waals surface area contributed by atoms with Crippen molar-refractivity contribution in [3.63, 3.8) is 0 Å². The summed E-state index contributed by atoms with van der Waals surface area (Å²) in [6.45, 7) is 5.78. The van der Waals surface area contributed by atoms with Gasteiger partial charge in [0.15, 0.2) is 5.11 Å². The number of hydrogen-bond donors (Lipinski definition) is 3. The van der Waals surface area contributed by atoms with Gasteiger partial charge in [0.1, 0.15) is 6.04 Å². The molecule has 0 saturated carbocycles. The molecular weight excluding hydrogens is 384 g/mol. The lowest BCUT2D eigenvalue weighted by molar-refractivity contribution is -0.125. The lowest BCUT2D eigenvalue weighted by atomic mass is 9.88. The Bertz CT molecular complexity index is 721. The number of amides is 1. The summed E-state index contributed by atoms with van der Waals surface area (Å²) < 4.78 is 6.47. The van der Waals surface area contributed by atoms with Gasteiger partial charge in [-0.05, 0) is 56.8 Å². The first-order chi connectivity index (χ1) is 14.0. The molecule has 1 amide bonds. The van der Waals surface area contributed by atoms with Crippen LogP contribution in [0.2, 0.25) is 0 Å². The summed E-state index contributed by atoms with van der Waals surface area (Å²) in [5.41, 5.74) is 1.38. The van der Waals surface area contributed by atoms with Gasteiger partial charge in [0, 0.05) is 32.2 Å². The molecule has 7 heteroatoms. The normalized spacial score (nSPS) is 29.3. The Morgan fingerprint density at radius 2 is 2.00 bits per heavy atom. The average molecular weight is 417 g/mol. The van der Waals surface area contributed by atoms with E-state index in [9.17, 15) is 4.79 Å². The fourth-order valence-corrected chi connectivity index (χ4v) is 5.12. The van der Waals surface area contributed by atoms with Crippen LogP contribution in [0, 0.1) is 0 Å². The van der Waals surface area contributed by atoms with Gasteiger partial charge in [-0.1, -0.05) is 30.3 Å². The van der Waals surface area contributed by atoms with Crippen LogP contribution in [0.15, 0.2) is 30.3 Å². The van der Waals surface area contributed by atoms with Crippen molar-refractivity contribution in [1.29, 1.82) is 0 Å². The van der Waals surface area contributed by atoms with Crippen molar-refractivity contribution in [2.24, 2.45) is 0 Å².